The number of hydrogen-bond acceptors (Lipinski definition) is 19. The topological polar surface area (TPSA) is 297 Å². The number of aliphatic hydroxyl groups excluding tert-OH is 3. The Balaban J connectivity index is -0.000000571. The molecule has 2 fully saturated rings. The van der Waals surface area contributed by atoms with Crippen LogP contribution in [0.2, 0.25) is 0 Å². The standard InChI is InChI=1S/C24H29F5O8.C15H29NO7.C7H18NO4P.2C2H6.2CH4/c1-11-12(2)24(36-15(10-34-13(3)30)22(11)35-14(4)31)33-9-7-5-6-8-16(32)37-23-20(28)18(26)17(25)19(27)21(23)29;1-10-13(19)14(20)11(8-17)23-15(10)22-7-5-3-4-6-12(18)16-9-21-2;1-11-13(9,10)12-7-5-3-2-4-6-8;2*1-2;;/h11-12,15,22,24H,5-10H2,1-4H3;10-11,13-15,17,19-20H,3-9H2,1-2H3,(H,16,18);2-8H2,1H3,(H,9,10);2*1-2H3;2*1H4/t11-,12?,15?,22-,24-;10?,11?,13-,14+,15-;;;;;/m11...../s1. The molecule has 0 aromatic heterocycles. The fourth-order valence-corrected chi connectivity index (χ4v) is 7.46. The molecule has 2 aliphatic rings. The molecular weight excluding hydrogens is 1080 g/mol. The van der Waals surface area contributed by atoms with E-state index in [1.165, 1.54) is 21.0 Å². The van der Waals surface area contributed by atoms with Gasteiger partial charge in [0.05, 0.1) is 19.3 Å². The third-order valence-electron chi connectivity index (χ3n) is 11.4. The van der Waals surface area contributed by atoms with Gasteiger partial charge in [-0.1, -0.05) is 89.0 Å². The lowest BCUT2D eigenvalue weighted by atomic mass is 9.84. The molecular formula is C52H96F5N2O19P. The molecule has 7 N–H and O–H groups in total. The van der Waals surface area contributed by atoms with Crippen molar-refractivity contribution in [2.45, 2.75) is 197 Å². The summed E-state index contributed by atoms with van der Waals surface area (Å²) in [5.74, 6) is -15.8. The maximum Gasteiger partial charge on any atom is 0.471 e. The number of phosphoric acid groups is 1. The Hall–Kier alpha value is -3.50. The minimum atomic E-state index is -3.75. The van der Waals surface area contributed by atoms with E-state index in [1.807, 2.05) is 41.5 Å². The highest BCUT2D eigenvalue weighted by molar-refractivity contribution is 7.47. The number of nitrogens with one attached hydrogen (secondary N) is 1. The van der Waals surface area contributed by atoms with Gasteiger partial charge in [0.1, 0.15) is 37.8 Å². The number of halogens is 5. The molecule has 21 nitrogen and oxygen atoms in total. The Kier molecular flexibility index (Phi) is 48.8. The van der Waals surface area contributed by atoms with E-state index in [9.17, 15) is 55.9 Å². The first-order valence-corrected chi connectivity index (χ1v) is 27.5. The molecule has 1 aromatic carbocycles. The molecule has 468 valence electrons. The third kappa shape index (κ3) is 32.7. The highest BCUT2D eigenvalue weighted by atomic mass is 31.2. The summed E-state index contributed by atoms with van der Waals surface area (Å²) in [7, 11) is -1.09. The third-order valence-corrected chi connectivity index (χ3v) is 12.4. The van der Waals surface area contributed by atoms with E-state index in [2.05, 4.69) is 19.1 Å². The number of esters is 3. The quantitative estimate of drug-likeness (QED) is 0.00642. The van der Waals surface area contributed by atoms with Gasteiger partial charge in [0.25, 0.3) is 0 Å². The number of carbonyl (C=O) groups excluding carboxylic acids is 4. The Morgan fingerprint density at radius 2 is 1.14 bits per heavy atom. The highest BCUT2D eigenvalue weighted by Gasteiger charge is 2.45. The normalized spacial score (nSPS) is 22.7. The number of benzene rings is 1. The second kappa shape index (κ2) is 47.0. The van der Waals surface area contributed by atoms with E-state index in [1.54, 1.807) is 6.92 Å². The number of rotatable bonds is 29. The van der Waals surface area contributed by atoms with E-state index >= 15 is 0 Å². The lowest BCUT2D eigenvalue weighted by Crippen LogP contribution is -2.55. The molecule has 0 aliphatic carbocycles. The molecule has 0 saturated carbocycles. The van der Waals surface area contributed by atoms with Crippen molar-refractivity contribution in [3.63, 3.8) is 0 Å². The molecule has 2 aliphatic heterocycles. The van der Waals surface area contributed by atoms with Gasteiger partial charge in [-0.05, 0) is 45.1 Å². The lowest BCUT2D eigenvalue weighted by Gasteiger charge is -2.43. The lowest BCUT2D eigenvalue weighted by molar-refractivity contribution is -0.282. The average Bonchev–Trinajstić information content (AvgIpc) is 3.41. The second-order valence-electron chi connectivity index (χ2n) is 17.2. The molecule has 0 spiro atoms. The summed E-state index contributed by atoms with van der Waals surface area (Å²) in [4.78, 5) is 54.7. The smallest absolute Gasteiger partial charge is 0.463 e. The number of ether oxygens (including phenoxy) is 8. The number of carbonyl (C=O) groups is 4. The number of hydrogen-bond donors (Lipinski definition) is 6. The second-order valence-corrected chi connectivity index (χ2v) is 18.7. The van der Waals surface area contributed by atoms with Gasteiger partial charge in [-0.25, -0.2) is 17.7 Å². The summed E-state index contributed by atoms with van der Waals surface area (Å²) in [6, 6.07) is 0. The predicted molar refractivity (Wildman–Crippen MR) is 283 cm³/mol. The number of phosphoric ester groups is 1. The van der Waals surface area contributed by atoms with Crippen molar-refractivity contribution < 1.29 is 113 Å². The van der Waals surface area contributed by atoms with Crippen molar-refractivity contribution >= 4 is 31.6 Å². The molecule has 1 amide bonds. The molecule has 11 atom stereocenters. The van der Waals surface area contributed by atoms with Gasteiger partial charge in [-0.2, -0.15) is 8.78 Å². The molecule has 2 saturated heterocycles. The Morgan fingerprint density at radius 1 is 0.658 bits per heavy atom. The van der Waals surface area contributed by atoms with E-state index < -0.39 is 104 Å². The van der Waals surface area contributed by atoms with Crippen LogP contribution >= 0.6 is 7.82 Å². The fourth-order valence-electron chi connectivity index (χ4n) is 6.99. The molecule has 79 heavy (non-hydrogen) atoms. The Labute approximate surface area is 464 Å². The van der Waals surface area contributed by atoms with Crippen molar-refractivity contribution in [2.75, 3.05) is 60.5 Å². The van der Waals surface area contributed by atoms with E-state index in [0.29, 0.717) is 32.4 Å². The van der Waals surface area contributed by atoms with Crippen LogP contribution in [0.3, 0.4) is 0 Å². The van der Waals surface area contributed by atoms with Gasteiger partial charge in [0, 0.05) is 71.9 Å². The van der Waals surface area contributed by atoms with Crippen molar-refractivity contribution in [1.29, 1.82) is 0 Å². The van der Waals surface area contributed by atoms with E-state index in [4.69, 9.17) is 48.9 Å². The van der Waals surface area contributed by atoms with Gasteiger partial charge in [0.2, 0.25) is 40.7 Å². The number of nitrogens with two attached hydrogens (primary N) is 1. The first-order chi connectivity index (χ1) is 36.5. The van der Waals surface area contributed by atoms with Crippen LogP contribution in [0.5, 0.6) is 5.75 Å². The summed E-state index contributed by atoms with van der Waals surface area (Å²) >= 11 is 0. The zero-order valence-electron chi connectivity index (χ0n) is 46.5. The average molecular weight is 1180 g/mol. The molecule has 0 radical (unpaired) electrons. The van der Waals surface area contributed by atoms with Crippen LogP contribution in [0.15, 0.2) is 0 Å². The molecule has 3 rings (SSSR count). The molecule has 27 heteroatoms. The van der Waals surface area contributed by atoms with Gasteiger partial charge in [-0.3, -0.25) is 28.2 Å². The Morgan fingerprint density at radius 3 is 1.63 bits per heavy atom. The van der Waals surface area contributed by atoms with E-state index in [0.717, 1.165) is 52.1 Å². The molecule has 1 aromatic rings. The van der Waals surface area contributed by atoms with Crippen molar-refractivity contribution in [2.24, 2.45) is 23.5 Å². The number of amides is 1. The summed E-state index contributed by atoms with van der Waals surface area (Å²) in [6.45, 7) is 17.2. The molecule has 5 unspecified atom stereocenters. The van der Waals surface area contributed by atoms with Gasteiger partial charge in [-0.15, -0.1) is 0 Å². The minimum absolute atomic E-state index is 0. The van der Waals surface area contributed by atoms with Crippen molar-refractivity contribution in [1.82, 2.24) is 5.32 Å². The maximum atomic E-state index is 13.6. The van der Waals surface area contributed by atoms with Gasteiger partial charge in [0.15, 0.2) is 12.6 Å². The number of aliphatic hydroxyl groups is 3. The first-order valence-electron chi connectivity index (χ1n) is 26.0. The van der Waals surface area contributed by atoms with Crippen LogP contribution in [0.1, 0.15) is 154 Å². The highest BCUT2D eigenvalue weighted by Crippen LogP contribution is 2.42. The zero-order valence-corrected chi connectivity index (χ0v) is 47.4. The van der Waals surface area contributed by atoms with Crippen molar-refractivity contribution in [3.05, 3.63) is 29.1 Å². The molecule has 0 bridgehead atoms. The Bertz CT molecular complexity index is 1820. The number of methoxy groups -OCH3 is 1. The van der Waals surface area contributed by atoms with Crippen LogP contribution < -0.4 is 15.8 Å². The minimum Gasteiger partial charge on any atom is -0.463 e. The van der Waals surface area contributed by atoms with Crippen LogP contribution in [-0.4, -0.2) is 148 Å². The van der Waals surface area contributed by atoms with Crippen LogP contribution in [0.4, 0.5) is 22.0 Å². The summed E-state index contributed by atoms with van der Waals surface area (Å²) < 4.78 is 129. The zero-order chi connectivity index (χ0) is 59.3. The summed E-state index contributed by atoms with van der Waals surface area (Å²) in [5.41, 5.74) is 5.30. The van der Waals surface area contributed by atoms with Crippen molar-refractivity contribution in [3.8, 4) is 5.75 Å². The van der Waals surface area contributed by atoms with Crippen LogP contribution in [0.25, 0.3) is 0 Å². The monoisotopic (exact) mass is 1180 g/mol. The summed E-state index contributed by atoms with van der Waals surface area (Å²) in [5, 5.41) is 31.4. The largest absolute Gasteiger partial charge is 0.471 e. The van der Waals surface area contributed by atoms with Crippen LogP contribution in [-0.2, 0) is 65.9 Å². The van der Waals surface area contributed by atoms with Crippen LogP contribution in [0, 0.1) is 46.8 Å². The van der Waals surface area contributed by atoms with Gasteiger partial charge >= 0.3 is 25.7 Å². The predicted octanol–water partition coefficient (Wildman–Crippen LogP) is 8.31. The number of unbranched alkanes of at least 4 members (excludes halogenated alkanes) is 7. The first kappa shape index (κ1) is 82.0. The molecule has 2 heterocycles. The maximum absolute atomic E-state index is 13.6. The van der Waals surface area contributed by atoms with Gasteiger partial charge < -0.3 is 69.2 Å². The summed E-state index contributed by atoms with van der Waals surface area (Å²) in [6.07, 6.45) is 1.56. The SMILES string of the molecule is C.C.CC.CC.CC(=O)OCC1O[C@@H](OCCCCCC(=O)Oc2c(F)c(F)c(F)c(F)c2F)C(C)[C@@H](C)[C@H]1OC(C)=O.COCNC(=O)CCCCCO[C@@H]1OC(CO)[C@H](O)[C@H](O)C1C.COP(=O)(O)OCCCCCCN. The van der Waals surface area contributed by atoms with E-state index in [-0.39, 0.29) is 84.5 Å². The fraction of sp³-hybridized carbons (Fsp3) is 0.808.